The Kier molecular flexibility index (Phi) is 6.87. The molecule has 0 aliphatic rings. The van der Waals surface area contributed by atoms with Gasteiger partial charge in [0, 0.05) is 10.6 Å². The molecular weight excluding hydrogens is 364 g/mol. The quantitative estimate of drug-likeness (QED) is 0.343. The average Bonchev–Trinajstić information content (AvgIpc) is 2.57. The summed E-state index contributed by atoms with van der Waals surface area (Å²) in [4.78, 5) is 25.2. The minimum atomic E-state index is -1.96. The zero-order valence-electron chi connectivity index (χ0n) is 13.5. The number of ketones is 1. The van der Waals surface area contributed by atoms with Crippen LogP contribution >= 0.6 is 11.6 Å². The van der Waals surface area contributed by atoms with Crippen LogP contribution in [-0.2, 0) is 26.4 Å². The van der Waals surface area contributed by atoms with Crippen LogP contribution in [0.25, 0.3) is 0 Å². The predicted octanol–water partition coefficient (Wildman–Crippen LogP) is 3.59. The Balaban J connectivity index is 2.37. The highest BCUT2D eigenvalue weighted by molar-refractivity contribution is 7.78. The first kappa shape index (κ1) is 19.3. The summed E-state index contributed by atoms with van der Waals surface area (Å²) in [6.45, 7) is 1.81. The number of ether oxygens (including phenoxy) is 1. The van der Waals surface area contributed by atoms with Gasteiger partial charge in [0.15, 0.2) is 16.9 Å². The molecule has 2 atom stereocenters. The minimum absolute atomic E-state index is 0.0275. The number of carbonyl (C=O) groups is 2. The fourth-order valence-electron chi connectivity index (χ4n) is 2.38. The van der Waals surface area contributed by atoms with Crippen molar-refractivity contribution in [3.63, 3.8) is 0 Å². The Morgan fingerprint density at radius 2 is 1.80 bits per heavy atom. The van der Waals surface area contributed by atoms with Crippen molar-refractivity contribution < 1.29 is 23.1 Å². The van der Waals surface area contributed by atoms with Crippen LogP contribution in [0.2, 0.25) is 5.02 Å². The van der Waals surface area contributed by atoms with E-state index < -0.39 is 28.8 Å². The highest BCUT2D eigenvalue weighted by atomic mass is 35.5. The molecule has 0 saturated carbocycles. The van der Waals surface area contributed by atoms with Crippen molar-refractivity contribution in [1.82, 2.24) is 0 Å². The van der Waals surface area contributed by atoms with E-state index in [0.29, 0.717) is 21.7 Å². The number of esters is 1. The van der Waals surface area contributed by atoms with Gasteiger partial charge in [0.25, 0.3) is 0 Å². The van der Waals surface area contributed by atoms with E-state index in [4.69, 9.17) is 20.9 Å². The van der Waals surface area contributed by atoms with Crippen LogP contribution in [0.3, 0.4) is 0 Å². The second-order valence-corrected chi connectivity index (χ2v) is 6.57. The average molecular weight is 381 g/mol. The molecule has 0 fully saturated rings. The third-order valence-corrected chi connectivity index (χ3v) is 4.45. The van der Waals surface area contributed by atoms with Crippen LogP contribution in [0.5, 0.6) is 0 Å². The molecule has 0 aliphatic carbocycles. The largest absolute Gasteiger partial charge is 0.465 e. The molecule has 2 rings (SSSR count). The van der Waals surface area contributed by atoms with Gasteiger partial charge in [-0.3, -0.25) is 9.59 Å². The normalized spacial score (nSPS) is 13.1. The third kappa shape index (κ3) is 4.98. The Labute approximate surface area is 153 Å². The molecule has 0 bridgehead atoms. The highest BCUT2D eigenvalue weighted by Gasteiger charge is 2.32. The molecule has 1 N–H and O–H groups in total. The summed E-state index contributed by atoms with van der Waals surface area (Å²) in [6, 6.07) is 12.8. The number of Topliss-reactive ketones (excluding diaryl/α,β-unsaturated/α-hetero) is 1. The molecule has 25 heavy (non-hydrogen) atoms. The molecule has 2 unspecified atom stereocenters. The number of hydrogen-bond acceptors (Lipinski definition) is 4. The number of rotatable bonds is 7. The lowest BCUT2D eigenvalue weighted by Crippen LogP contribution is -2.24. The smallest absolute Gasteiger partial charge is 0.321 e. The number of benzene rings is 2. The zero-order valence-corrected chi connectivity index (χ0v) is 15.0. The number of carbonyl (C=O) groups excluding carboxylic acids is 2. The lowest BCUT2D eigenvalue weighted by atomic mass is 9.90. The second-order valence-electron chi connectivity index (χ2n) is 5.23. The van der Waals surface area contributed by atoms with E-state index in [-0.39, 0.29) is 12.4 Å². The van der Waals surface area contributed by atoms with Crippen LogP contribution in [0, 0.1) is 0 Å². The third-order valence-electron chi connectivity index (χ3n) is 3.53. The molecule has 0 radical (unpaired) electrons. The van der Waals surface area contributed by atoms with Crippen LogP contribution in [-0.4, -0.2) is 27.1 Å². The summed E-state index contributed by atoms with van der Waals surface area (Å²) < 4.78 is 24.8. The summed E-state index contributed by atoms with van der Waals surface area (Å²) >= 11 is 4.19. The maximum atomic E-state index is 12.9. The van der Waals surface area contributed by atoms with Crippen LogP contribution in [0.1, 0.15) is 34.3 Å². The Hall–Kier alpha value is -2.02. The van der Waals surface area contributed by atoms with E-state index in [1.807, 2.05) is 0 Å². The van der Waals surface area contributed by atoms with Crippen molar-refractivity contribution >= 4 is 34.4 Å². The van der Waals surface area contributed by atoms with E-state index in [2.05, 4.69) is 0 Å². The van der Waals surface area contributed by atoms with Gasteiger partial charge in [0.05, 0.1) is 12.4 Å². The molecule has 132 valence electrons. The van der Waals surface area contributed by atoms with Gasteiger partial charge in [-0.1, -0.05) is 54.1 Å². The standard InChI is InChI=1S/C18H17ClO5S/c1-2-24-18(21)16(14-5-3-4-6-15(14)19)17(20)13-9-7-12(8-10-13)11-25(22)23/h3-10,16H,2,11H2,1H3,(H,22,23). The maximum Gasteiger partial charge on any atom is 0.321 e. The second kappa shape index (κ2) is 8.89. The molecule has 2 aromatic carbocycles. The van der Waals surface area contributed by atoms with Crippen molar-refractivity contribution in [3.05, 3.63) is 70.2 Å². The molecule has 0 spiro atoms. The lowest BCUT2D eigenvalue weighted by Gasteiger charge is -2.16. The minimum Gasteiger partial charge on any atom is -0.465 e. The van der Waals surface area contributed by atoms with Gasteiger partial charge in [0.1, 0.15) is 5.92 Å². The molecule has 2 aromatic rings. The van der Waals surface area contributed by atoms with E-state index >= 15 is 0 Å². The number of halogens is 1. The Morgan fingerprint density at radius 1 is 1.16 bits per heavy atom. The van der Waals surface area contributed by atoms with E-state index in [1.54, 1.807) is 43.3 Å². The molecule has 0 aliphatic heterocycles. The van der Waals surface area contributed by atoms with Gasteiger partial charge >= 0.3 is 5.97 Å². The molecular formula is C18H17ClO5S. The first-order valence-electron chi connectivity index (χ1n) is 7.55. The van der Waals surface area contributed by atoms with Crippen LogP contribution < -0.4 is 0 Å². The summed E-state index contributed by atoms with van der Waals surface area (Å²) in [5.41, 5.74) is 1.29. The van der Waals surface area contributed by atoms with Crippen molar-refractivity contribution in [1.29, 1.82) is 0 Å². The monoisotopic (exact) mass is 380 g/mol. The summed E-state index contributed by atoms with van der Waals surface area (Å²) in [6.07, 6.45) is 0. The highest BCUT2D eigenvalue weighted by Crippen LogP contribution is 2.29. The molecule has 7 heteroatoms. The maximum absolute atomic E-state index is 12.9. The fourth-order valence-corrected chi connectivity index (χ4v) is 3.11. The van der Waals surface area contributed by atoms with Gasteiger partial charge in [0.2, 0.25) is 0 Å². The molecule has 0 heterocycles. The van der Waals surface area contributed by atoms with Gasteiger partial charge in [-0.05, 0) is 24.1 Å². The zero-order chi connectivity index (χ0) is 18.4. The van der Waals surface area contributed by atoms with Crippen LogP contribution in [0.4, 0.5) is 0 Å². The fraction of sp³-hybridized carbons (Fsp3) is 0.222. The van der Waals surface area contributed by atoms with Gasteiger partial charge in [-0.25, -0.2) is 4.21 Å². The summed E-state index contributed by atoms with van der Waals surface area (Å²) in [5.74, 6) is -2.30. The van der Waals surface area contributed by atoms with E-state index in [9.17, 15) is 13.8 Å². The van der Waals surface area contributed by atoms with Crippen molar-refractivity contribution in [2.75, 3.05) is 6.61 Å². The van der Waals surface area contributed by atoms with Crippen molar-refractivity contribution in [3.8, 4) is 0 Å². The molecule has 5 nitrogen and oxygen atoms in total. The van der Waals surface area contributed by atoms with E-state index in [0.717, 1.165) is 0 Å². The van der Waals surface area contributed by atoms with Crippen molar-refractivity contribution in [2.45, 2.75) is 18.6 Å². The van der Waals surface area contributed by atoms with E-state index in [1.165, 1.54) is 12.1 Å². The SMILES string of the molecule is CCOC(=O)C(C(=O)c1ccc(CS(=O)O)cc1)c1ccccc1Cl. The van der Waals surface area contributed by atoms with Gasteiger partial charge in [-0.15, -0.1) is 0 Å². The van der Waals surface area contributed by atoms with Crippen molar-refractivity contribution in [2.24, 2.45) is 0 Å². The Morgan fingerprint density at radius 3 is 2.36 bits per heavy atom. The Bertz CT molecular complexity index is 788. The summed E-state index contributed by atoms with van der Waals surface area (Å²) in [5, 5.41) is 0.307. The van der Waals surface area contributed by atoms with Crippen LogP contribution in [0.15, 0.2) is 48.5 Å². The first-order chi connectivity index (χ1) is 11.9. The first-order valence-corrected chi connectivity index (χ1v) is 9.21. The molecule has 0 amide bonds. The number of hydrogen-bond donors (Lipinski definition) is 1. The molecule has 0 saturated heterocycles. The van der Waals surface area contributed by atoms with Gasteiger partial charge < -0.3 is 9.29 Å². The predicted molar refractivity (Wildman–Crippen MR) is 96.1 cm³/mol. The van der Waals surface area contributed by atoms with Gasteiger partial charge in [-0.2, -0.15) is 0 Å². The summed E-state index contributed by atoms with van der Waals surface area (Å²) in [7, 11) is 0. The lowest BCUT2D eigenvalue weighted by molar-refractivity contribution is -0.143. The topological polar surface area (TPSA) is 80.7 Å². The molecule has 0 aromatic heterocycles.